The molecule has 0 saturated carbocycles. The summed E-state index contributed by atoms with van der Waals surface area (Å²) in [5.74, 6) is 0.495. The number of benzene rings is 1. The molecule has 2 aliphatic heterocycles. The van der Waals surface area contributed by atoms with Crippen molar-refractivity contribution in [2.75, 3.05) is 30.0 Å². The van der Waals surface area contributed by atoms with E-state index in [0.717, 1.165) is 31.4 Å². The molecule has 2 aliphatic rings. The fraction of sp³-hybridized carbons (Fsp3) is 0.529. The van der Waals surface area contributed by atoms with Gasteiger partial charge in [0, 0.05) is 18.8 Å². The van der Waals surface area contributed by atoms with Crippen LogP contribution in [0.25, 0.3) is 0 Å². The predicted octanol–water partition coefficient (Wildman–Crippen LogP) is 2.33. The minimum absolute atomic E-state index is 0.0476. The zero-order chi connectivity index (χ0) is 16.2. The Morgan fingerprint density at radius 2 is 2.30 bits per heavy atom. The lowest BCUT2D eigenvalue weighted by Crippen LogP contribution is -2.39. The molecule has 1 saturated heterocycles. The first-order valence-electron chi connectivity index (χ1n) is 8.18. The van der Waals surface area contributed by atoms with Gasteiger partial charge in [0.2, 0.25) is 0 Å². The molecule has 6 heteroatoms. The van der Waals surface area contributed by atoms with E-state index in [2.05, 4.69) is 12.2 Å². The van der Waals surface area contributed by atoms with Crippen LogP contribution in [0.3, 0.4) is 0 Å². The molecule has 1 fully saturated rings. The minimum Gasteiger partial charge on any atom is -0.482 e. The highest BCUT2D eigenvalue weighted by Crippen LogP contribution is 2.35. The van der Waals surface area contributed by atoms with Crippen LogP contribution in [0.5, 0.6) is 5.75 Å². The molecule has 0 spiro atoms. The van der Waals surface area contributed by atoms with Gasteiger partial charge in [0.25, 0.3) is 11.8 Å². The number of hydrogen-bond acceptors (Lipinski definition) is 4. The SMILES string of the molecule is CCCCN1C(=O)COc2ccc(NC(=O)C3CCCO3)cc21. The monoisotopic (exact) mass is 318 g/mol. The van der Waals surface area contributed by atoms with Crippen molar-refractivity contribution < 1.29 is 19.1 Å². The van der Waals surface area contributed by atoms with Crippen molar-refractivity contribution in [2.24, 2.45) is 0 Å². The van der Waals surface area contributed by atoms with E-state index in [1.165, 1.54) is 0 Å². The Kier molecular flexibility index (Phi) is 4.81. The summed E-state index contributed by atoms with van der Waals surface area (Å²) in [6.07, 6.45) is 3.23. The smallest absolute Gasteiger partial charge is 0.265 e. The number of hydrogen-bond donors (Lipinski definition) is 1. The van der Waals surface area contributed by atoms with Crippen LogP contribution < -0.4 is 15.0 Å². The minimum atomic E-state index is -0.375. The molecule has 1 atom stereocenters. The molecule has 2 heterocycles. The third-order valence-corrected chi connectivity index (χ3v) is 4.13. The van der Waals surface area contributed by atoms with E-state index in [9.17, 15) is 9.59 Å². The number of nitrogens with zero attached hydrogens (tertiary/aromatic N) is 1. The number of carbonyl (C=O) groups excluding carboxylic acids is 2. The highest BCUT2D eigenvalue weighted by Gasteiger charge is 2.27. The molecule has 1 N–H and O–H groups in total. The molecule has 1 aromatic rings. The van der Waals surface area contributed by atoms with Crippen LogP contribution in [-0.4, -0.2) is 37.7 Å². The van der Waals surface area contributed by atoms with Crippen LogP contribution in [0.1, 0.15) is 32.6 Å². The summed E-state index contributed by atoms with van der Waals surface area (Å²) in [5, 5.41) is 2.87. The standard InChI is InChI=1S/C17H22N2O4/c1-2-3-8-19-13-10-12(6-7-14(13)23-11-16(19)20)18-17(21)15-5-4-9-22-15/h6-7,10,15H,2-5,8-9,11H2,1H3,(H,18,21). The van der Waals surface area contributed by atoms with Crippen molar-refractivity contribution in [3.8, 4) is 5.75 Å². The van der Waals surface area contributed by atoms with Gasteiger partial charge in [-0.05, 0) is 37.5 Å². The van der Waals surface area contributed by atoms with Crippen LogP contribution in [0.4, 0.5) is 11.4 Å². The van der Waals surface area contributed by atoms with E-state index in [1.807, 2.05) is 0 Å². The zero-order valence-corrected chi connectivity index (χ0v) is 13.3. The maximum absolute atomic E-state index is 12.2. The van der Waals surface area contributed by atoms with Crippen LogP contribution in [0.15, 0.2) is 18.2 Å². The second-order valence-electron chi connectivity index (χ2n) is 5.86. The first kappa shape index (κ1) is 15.8. The van der Waals surface area contributed by atoms with Crippen molar-refractivity contribution in [1.82, 2.24) is 0 Å². The van der Waals surface area contributed by atoms with Gasteiger partial charge in [0.05, 0.1) is 5.69 Å². The van der Waals surface area contributed by atoms with Crippen molar-refractivity contribution in [3.05, 3.63) is 18.2 Å². The number of nitrogens with one attached hydrogen (secondary N) is 1. The molecule has 0 radical (unpaired) electrons. The maximum Gasteiger partial charge on any atom is 0.265 e. The van der Waals surface area contributed by atoms with Gasteiger partial charge >= 0.3 is 0 Å². The number of fused-ring (bicyclic) bond motifs is 1. The summed E-state index contributed by atoms with van der Waals surface area (Å²) in [7, 11) is 0. The highest BCUT2D eigenvalue weighted by atomic mass is 16.5. The zero-order valence-electron chi connectivity index (χ0n) is 13.3. The first-order chi connectivity index (χ1) is 11.2. The second-order valence-corrected chi connectivity index (χ2v) is 5.86. The number of unbranched alkanes of at least 4 members (excludes halogenated alkanes) is 1. The van der Waals surface area contributed by atoms with Gasteiger partial charge in [-0.3, -0.25) is 9.59 Å². The normalized spacial score (nSPS) is 20.1. The number of rotatable bonds is 5. The number of amides is 2. The largest absolute Gasteiger partial charge is 0.482 e. The molecule has 6 nitrogen and oxygen atoms in total. The number of carbonyl (C=O) groups is 2. The Morgan fingerprint density at radius 1 is 1.43 bits per heavy atom. The highest BCUT2D eigenvalue weighted by molar-refractivity contribution is 6.00. The molecule has 3 rings (SSSR count). The lowest BCUT2D eigenvalue weighted by molar-refractivity contribution is -0.124. The van der Waals surface area contributed by atoms with Gasteiger partial charge in [-0.1, -0.05) is 13.3 Å². The molecule has 1 aromatic carbocycles. The summed E-state index contributed by atoms with van der Waals surface area (Å²) in [4.78, 5) is 26.0. The van der Waals surface area contributed by atoms with Crippen molar-refractivity contribution >= 4 is 23.2 Å². The lowest BCUT2D eigenvalue weighted by atomic mass is 10.1. The van der Waals surface area contributed by atoms with Gasteiger partial charge in [0.1, 0.15) is 11.9 Å². The predicted molar refractivity (Wildman–Crippen MR) is 86.8 cm³/mol. The first-order valence-corrected chi connectivity index (χ1v) is 8.18. The Bertz CT molecular complexity index is 596. The maximum atomic E-state index is 12.2. The summed E-state index contributed by atoms with van der Waals surface area (Å²) >= 11 is 0. The summed E-state index contributed by atoms with van der Waals surface area (Å²) < 4.78 is 10.9. The van der Waals surface area contributed by atoms with Crippen molar-refractivity contribution in [1.29, 1.82) is 0 Å². The van der Waals surface area contributed by atoms with Gasteiger partial charge < -0.3 is 19.7 Å². The van der Waals surface area contributed by atoms with Gasteiger partial charge in [0.15, 0.2) is 6.61 Å². The molecular weight excluding hydrogens is 296 g/mol. The van der Waals surface area contributed by atoms with E-state index in [4.69, 9.17) is 9.47 Å². The van der Waals surface area contributed by atoms with Crippen molar-refractivity contribution in [3.63, 3.8) is 0 Å². The van der Waals surface area contributed by atoms with Crippen LogP contribution in [0, 0.1) is 0 Å². The fourth-order valence-electron chi connectivity index (χ4n) is 2.85. The molecule has 0 aliphatic carbocycles. The van der Waals surface area contributed by atoms with Gasteiger partial charge in [-0.25, -0.2) is 0 Å². The van der Waals surface area contributed by atoms with E-state index in [0.29, 0.717) is 24.6 Å². The number of ether oxygens (including phenoxy) is 2. The topological polar surface area (TPSA) is 67.9 Å². The van der Waals surface area contributed by atoms with E-state index in [-0.39, 0.29) is 24.5 Å². The molecule has 0 bridgehead atoms. The van der Waals surface area contributed by atoms with E-state index in [1.54, 1.807) is 23.1 Å². The van der Waals surface area contributed by atoms with E-state index >= 15 is 0 Å². The molecule has 1 unspecified atom stereocenters. The second kappa shape index (κ2) is 7.00. The third kappa shape index (κ3) is 3.47. The Hall–Kier alpha value is -2.08. The molecule has 2 amide bonds. The molecular formula is C17H22N2O4. The van der Waals surface area contributed by atoms with Gasteiger partial charge in [-0.2, -0.15) is 0 Å². The summed E-state index contributed by atoms with van der Waals surface area (Å²) in [5.41, 5.74) is 1.38. The van der Waals surface area contributed by atoms with Crippen LogP contribution >= 0.6 is 0 Å². The Balaban J connectivity index is 1.77. The van der Waals surface area contributed by atoms with Crippen molar-refractivity contribution in [2.45, 2.75) is 38.7 Å². The Labute approximate surface area is 135 Å². The van der Waals surface area contributed by atoms with Crippen LogP contribution in [-0.2, 0) is 14.3 Å². The lowest BCUT2D eigenvalue weighted by Gasteiger charge is -2.29. The summed E-state index contributed by atoms with van der Waals surface area (Å²) in [6, 6.07) is 5.39. The molecule has 23 heavy (non-hydrogen) atoms. The quantitative estimate of drug-likeness (QED) is 0.905. The van der Waals surface area contributed by atoms with Crippen LogP contribution in [0.2, 0.25) is 0 Å². The van der Waals surface area contributed by atoms with Gasteiger partial charge in [-0.15, -0.1) is 0 Å². The average Bonchev–Trinajstić information content (AvgIpc) is 3.08. The van der Waals surface area contributed by atoms with E-state index < -0.39 is 0 Å². The molecule has 124 valence electrons. The Morgan fingerprint density at radius 3 is 3.04 bits per heavy atom. The summed E-state index contributed by atoms with van der Waals surface area (Å²) in [6.45, 7) is 3.45. The third-order valence-electron chi connectivity index (χ3n) is 4.13. The average molecular weight is 318 g/mol. The molecule has 0 aromatic heterocycles. The fourth-order valence-corrected chi connectivity index (χ4v) is 2.85. The number of anilines is 2.